The number of hydrogen-bond donors (Lipinski definition) is 1. The van der Waals surface area contributed by atoms with Crippen molar-refractivity contribution in [2.45, 2.75) is 13.3 Å². The minimum atomic E-state index is -0.285. The lowest BCUT2D eigenvalue weighted by molar-refractivity contribution is -0.138. The summed E-state index contributed by atoms with van der Waals surface area (Å²) in [4.78, 5) is 15.0. The molecule has 0 atom stereocenters. The molecule has 0 amide bonds. The number of carbonyl (C=O) groups excluding carboxylic acids is 1. The number of para-hydroxylation sites is 1. The van der Waals surface area contributed by atoms with E-state index in [2.05, 4.69) is 11.6 Å². The predicted molar refractivity (Wildman–Crippen MR) is 77.7 cm³/mol. The average molecular weight is 255 g/mol. The molecule has 1 aromatic heterocycles. The number of ether oxygens (including phenoxy) is 1. The molecular formula is C16H17NO2. The molecule has 1 N–H and O–H groups in total. The van der Waals surface area contributed by atoms with Gasteiger partial charge in [0.25, 0.3) is 0 Å². The van der Waals surface area contributed by atoms with Crippen molar-refractivity contribution < 1.29 is 9.53 Å². The van der Waals surface area contributed by atoms with Crippen LogP contribution in [0.5, 0.6) is 0 Å². The van der Waals surface area contributed by atoms with Gasteiger partial charge in [0.1, 0.15) is 0 Å². The molecule has 0 aliphatic rings. The standard InChI is InChI=1S/C16H17NO2/c1-3-7-12(16(18)19-4-2)10-13-11-17-15-9-6-5-8-14(13)15/h3,5-6,8-11,17H,1,4,7H2,2H3/b12-10+. The van der Waals surface area contributed by atoms with Crippen molar-refractivity contribution in [3.63, 3.8) is 0 Å². The van der Waals surface area contributed by atoms with Crippen LogP contribution in [0.2, 0.25) is 0 Å². The maximum atomic E-state index is 11.8. The fourth-order valence-corrected chi connectivity index (χ4v) is 1.98. The first kappa shape index (κ1) is 13.1. The number of fused-ring (bicyclic) bond motifs is 1. The molecule has 2 aromatic rings. The molecule has 98 valence electrons. The highest BCUT2D eigenvalue weighted by atomic mass is 16.5. The Morgan fingerprint density at radius 3 is 2.95 bits per heavy atom. The van der Waals surface area contributed by atoms with E-state index in [0.717, 1.165) is 16.5 Å². The molecule has 3 nitrogen and oxygen atoms in total. The van der Waals surface area contributed by atoms with Gasteiger partial charge in [-0.1, -0.05) is 24.3 Å². The van der Waals surface area contributed by atoms with Gasteiger partial charge >= 0.3 is 5.97 Å². The van der Waals surface area contributed by atoms with Crippen LogP contribution in [-0.4, -0.2) is 17.6 Å². The van der Waals surface area contributed by atoms with Crippen LogP contribution in [0, 0.1) is 0 Å². The number of H-pyrrole nitrogens is 1. The summed E-state index contributed by atoms with van der Waals surface area (Å²) >= 11 is 0. The normalized spacial score (nSPS) is 11.5. The van der Waals surface area contributed by atoms with Crippen LogP contribution in [0.3, 0.4) is 0 Å². The second kappa shape index (κ2) is 6.05. The number of rotatable bonds is 5. The molecule has 0 aliphatic heterocycles. The number of nitrogens with one attached hydrogen (secondary N) is 1. The summed E-state index contributed by atoms with van der Waals surface area (Å²) in [5.74, 6) is -0.285. The zero-order valence-electron chi connectivity index (χ0n) is 11.0. The van der Waals surface area contributed by atoms with E-state index in [-0.39, 0.29) is 5.97 Å². The number of carbonyl (C=O) groups is 1. The molecule has 0 aliphatic carbocycles. The van der Waals surface area contributed by atoms with Crippen molar-refractivity contribution in [2.24, 2.45) is 0 Å². The molecular weight excluding hydrogens is 238 g/mol. The maximum absolute atomic E-state index is 11.8. The third kappa shape index (κ3) is 2.94. The lowest BCUT2D eigenvalue weighted by atomic mass is 10.1. The smallest absolute Gasteiger partial charge is 0.334 e. The van der Waals surface area contributed by atoms with Crippen molar-refractivity contribution in [1.82, 2.24) is 4.98 Å². The number of aromatic amines is 1. The predicted octanol–water partition coefficient (Wildman–Crippen LogP) is 3.69. The van der Waals surface area contributed by atoms with E-state index in [1.807, 2.05) is 36.5 Å². The zero-order valence-corrected chi connectivity index (χ0v) is 11.0. The first-order chi connectivity index (χ1) is 9.26. The summed E-state index contributed by atoms with van der Waals surface area (Å²) < 4.78 is 5.05. The lowest BCUT2D eigenvalue weighted by Gasteiger charge is -2.04. The quantitative estimate of drug-likeness (QED) is 0.503. The molecule has 0 fully saturated rings. The Hall–Kier alpha value is -2.29. The van der Waals surface area contributed by atoms with E-state index in [1.54, 1.807) is 13.0 Å². The summed E-state index contributed by atoms with van der Waals surface area (Å²) in [6, 6.07) is 7.98. The number of esters is 1. The average Bonchev–Trinajstić information content (AvgIpc) is 2.82. The van der Waals surface area contributed by atoms with Crippen LogP contribution in [0.1, 0.15) is 18.9 Å². The number of benzene rings is 1. The van der Waals surface area contributed by atoms with Gasteiger partial charge < -0.3 is 9.72 Å². The maximum Gasteiger partial charge on any atom is 0.334 e. The molecule has 19 heavy (non-hydrogen) atoms. The Morgan fingerprint density at radius 2 is 2.21 bits per heavy atom. The van der Waals surface area contributed by atoms with E-state index >= 15 is 0 Å². The summed E-state index contributed by atoms with van der Waals surface area (Å²) in [5, 5.41) is 1.09. The Morgan fingerprint density at radius 1 is 1.42 bits per heavy atom. The highest BCUT2D eigenvalue weighted by molar-refractivity contribution is 5.98. The SMILES string of the molecule is C=CC/C(=C\c1c[nH]c2ccccc12)C(=O)OCC. The molecule has 0 unspecified atom stereocenters. The van der Waals surface area contributed by atoms with Crippen LogP contribution >= 0.6 is 0 Å². The zero-order chi connectivity index (χ0) is 13.7. The van der Waals surface area contributed by atoms with Crippen LogP contribution in [0.4, 0.5) is 0 Å². The minimum absolute atomic E-state index is 0.285. The largest absolute Gasteiger partial charge is 0.463 e. The van der Waals surface area contributed by atoms with E-state index < -0.39 is 0 Å². The molecule has 0 radical (unpaired) electrons. The highest BCUT2D eigenvalue weighted by Crippen LogP contribution is 2.21. The Labute approximate surface area is 112 Å². The van der Waals surface area contributed by atoms with Gasteiger partial charge in [-0.25, -0.2) is 4.79 Å². The van der Waals surface area contributed by atoms with Gasteiger partial charge in [0.15, 0.2) is 0 Å². The van der Waals surface area contributed by atoms with Crippen molar-refractivity contribution in [2.75, 3.05) is 6.61 Å². The summed E-state index contributed by atoms with van der Waals surface area (Å²) in [7, 11) is 0. The molecule has 1 heterocycles. The van der Waals surface area contributed by atoms with E-state index in [1.165, 1.54) is 0 Å². The Bertz CT molecular complexity index is 622. The van der Waals surface area contributed by atoms with Gasteiger partial charge in [0, 0.05) is 28.2 Å². The van der Waals surface area contributed by atoms with Crippen LogP contribution in [0.25, 0.3) is 17.0 Å². The van der Waals surface area contributed by atoms with Gasteiger partial charge in [-0.15, -0.1) is 6.58 Å². The first-order valence-electron chi connectivity index (χ1n) is 6.31. The second-order valence-corrected chi connectivity index (χ2v) is 4.17. The van der Waals surface area contributed by atoms with Gasteiger partial charge in [0.05, 0.1) is 6.61 Å². The van der Waals surface area contributed by atoms with Gasteiger partial charge in [-0.3, -0.25) is 0 Å². The summed E-state index contributed by atoms with van der Waals surface area (Å²) in [5.41, 5.74) is 2.65. The van der Waals surface area contributed by atoms with Gasteiger partial charge in [-0.2, -0.15) is 0 Å². The molecule has 0 saturated carbocycles. The summed E-state index contributed by atoms with van der Waals surface area (Å²) in [6.07, 6.45) is 5.96. The topological polar surface area (TPSA) is 42.1 Å². The lowest BCUT2D eigenvalue weighted by Crippen LogP contribution is -2.06. The number of allylic oxidation sites excluding steroid dienone is 1. The van der Waals surface area contributed by atoms with Gasteiger partial charge in [-0.05, 0) is 25.5 Å². The van der Waals surface area contributed by atoms with E-state index in [4.69, 9.17) is 4.74 Å². The number of aromatic nitrogens is 1. The minimum Gasteiger partial charge on any atom is -0.463 e. The molecule has 0 spiro atoms. The third-order valence-electron chi connectivity index (χ3n) is 2.85. The van der Waals surface area contributed by atoms with Crippen molar-refractivity contribution in [3.8, 4) is 0 Å². The van der Waals surface area contributed by atoms with Crippen LogP contribution in [0.15, 0.2) is 48.7 Å². The van der Waals surface area contributed by atoms with Crippen LogP contribution in [-0.2, 0) is 9.53 Å². The van der Waals surface area contributed by atoms with E-state index in [0.29, 0.717) is 18.6 Å². The van der Waals surface area contributed by atoms with E-state index in [9.17, 15) is 4.79 Å². The van der Waals surface area contributed by atoms with Crippen molar-refractivity contribution in [3.05, 3.63) is 54.3 Å². The molecule has 0 saturated heterocycles. The monoisotopic (exact) mass is 255 g/mol. The van der Waals surface area contributed by atoms with Crippen molar-refractivity contribution >= 4 is 22.9 Å². The highest BCUT2D eigenvalue weighted by Gasteiger charge is 2.10. The van der Waals surface area contributed by atoms with Crippen LogP contribution < -0.4 is 0 Å². The summed E-state index contributed by atoms with van der Waals surface area (Å²) in [6.45, 7) is 5.86. The van der Waals surface area contributed by atoms with Crippen molar-refractivity contribution in [1.29, 1.82) is 0 Å². The molecule has 3 heteroatoms. The fourth-order valence-electron chi connectivity index (χ4n) is 1.98. The molecule has 2 rings (SSSR count). The Balaban J connectivity index is 2.40. The molecule has 0 bridgehead atoms. The second-order valence-electron chi connectivity index (χ2n) is 4.17. The molecule has 1 aromatic carbocycles. The third-order valence-corrected chi connectivity index (χ3v) is 2.85. The first-order valence-corrected chi connectivity index (χ1v) is 6.31. The number of hydrogen-bond acceptors (Lipinski definition) is 2. The Kier molecular flexibility index (Phi) is 4.18. The fraction of sp³-hybridized carbons (Fsp3) is 0.188. The van der Waals surface area contributed by atoms with Gasteiger partial charge in [0.2, 0.25) is 0 Å².